The third kappa shape index (κ3) is 5.18. The van der Waals surface area contributed by atoms with Crippen molar-refractivity contribution in [3.8, 4) is 23.0 Å². The molecule has 0 aromatic heterocycles. The van der Waals surface area contributed by atoms with Crippen molar-refractivity contribution >= 4 is 0 Å². The minimum atomic E-state index is -0.874. The molecular formula is C23H24O5. The second kappa shape index (κ2) is 9.67. The first-order chi connectivity index (χ1) is 13.7. The van der Waals surface area contributed by atoms with Crippen molar-refractivity contribution < 1.29 is 24.1 Å². The molecule has 28 heavy (non-hydrogen) atoms. The van der Waals surface area contributed by atoms with Crippen LogP contribution in [0.4, 0.5) is 0 Å². The molecule has 0 saturated carbocycles. The molecule has 3 aromatic carbocycles. The number of benzene rings is 3. The van der Waals surface area contributed by atoms with Crippen molar-refractivity contribution in [3.05, 3.63) is 83.9 Å². The zero-order chi connectivity index (χ0) is 19.8. The van der Waals surface area contributed by atoms with E-state index >= 15 is 0 Å². The van der Waals surface area contributed by atoms with Crippen molar-refractivity contribution in [2.45, 2.75) is 12.7 Å². The molecule has 0 radical (unpaired) electrons. The van der Waals surface area contributed by atoms with Crippen LogP contribution in [0.1, 0.15) is 17.2 Å². The molecule has 0 bridgehead atoms. The maximum absolute atomic E-state index is 10.6. The van der Waals surface area contributed by atoms with Gasteiger partial charge in [0.2, 0.25) is 0 Å². The van der Waals surface area contributed by atoms with E-state index < -0.39 is 6.10 Å². The minimum Gasteiger partial charge on any atom is -0.497 e. The van der Waals surface area contributed by atoms with Gasteiger partial charge in [0.15, 0.2) is 0 Å². The van der Waals surface area contributed by atoms with Crippen molar-refractivity contribution in [2.75, 3.05) is 20.8 Å². The van der Waals surface area contributed by atoms with E-state index in [1.54, 1.807) is 32.4 Å². The fraction of sp³-hybridized carbons (Fsp3) is 0.217. The van der Waals surface area contributed by atoms with Gasteiger partial charge in [-0.1, -0.05) is 36.4 Å². The Morgan fingerprint density at radius 2 is 1.50 bits per heavy atom. The molecular weight excluding hydrogens is 356 g/mol. The van der Waals surface area contributed by atoms with E-state index in [0.717, 1.165) is 5.56 Å². The zero-order valence-corrected chi connectivity index (χ0v) is 16.0. The van der Waals surface area contributed by atoms with Crippen LogP contribution in [0.25, 0.3) is 0 Å². The number of aliphatic hydroxyl groups excluding tert-OH is 1. The van der Waals surface area contributed by atoms with E-state index in [4.69, 9.17) is 18.9 Å². The van der Waals surface area contributed by atoms with Gasteiger partial charge in [-0.25, -0.2) is 0 Å². The summed E-state index contributed by atoms with van der Waals surface area (Å²) < 4.78 is 22.1. The lowest BCUT2D eigenvalue weighted by molar-refractivity contribution is 0.105. The van der Waals surface area contributed by atoms with E-state index in [-0.39, 0.29) is 6.61 Å². The molecule has 0 spiro atoms. The quantitative estimate of drug-likeness (QED) is 0.596. The van der Waals surface area contributed by atoms with Gasteiger partial charge in [-0.3, -0.25) is 0 Å². The Labute approximate surface area is 165 Å². The summed E-state index contributed by atoms with van der Waals surface area (Å²) in [6.07, 6.45) is -0.874. The Morgan fingerprint density at radius 3 is 2.25 bits per heavy atom. The normalized spacial score (nSPS) is 11.5. The highest BCUT2D eigenvalue weighted by Gasteiger charge is 2.16. The number of ether oxygens (including phenoxy) is 4. The highest BCUT2D eigenvalue weighted by Crippen LogP contribution is 2.30. The van der Waals surface area contributed by atoms with Gasteiger partial charge in [-0.2, -0.15) is 0 Å². The lowest BCUT2D eigenvalue weighted by Gasteiger charge is -2.17. The SMILES string of the molecule is COc1cccc(OCC(O)c2cc(OCc3ccccc3)ccc2OC)c1. The number of hydrogen-bond donors (Lipinski definition) is 1. The highest BCUT2D eigenvalue weighted by atomic mass is 16.5. The molecule has 5 nitrogen and oxygen atoms in total. The summed E-state index contributed by atoms with van der Waals surface area (Å²) in [7, 11) is 3.17. The van der Waals surface area contributed by atoms with Gasteiger partial charge in [-0.15, -0.1) is 0 Å². The lowest BCUT2D eigenvalue weighted by Crippen LogP contribution is -2.11. The van der Waals surface area contributed by atoms with Gasteiger partial charge in [0.25, 0.3) is 0 Å². The first kappa shape index (κ1) is 19.6. The number of hydrogen-bond acceptors (Lipinski definition) is 5. The Hall–Kier alpha value is -3.18. The van der Waals surface area contributed by atoms with Crippen molar-refractivity contribution in [1.29, 1.82) is 0 Å². The summed E-state index contributed by atoms with van der Waals surface area (Å²) in [6.45, 7) is 0.523. The third-order valence-corrected chi connectivity index (χ3v) is 4.26. The zero-order valence-electron chi connectivity index (χ0n) is 16.0. The summed E-state index contributed by atoms with van der Waals surface area (Å²) in [5, 5.41) is 10.6. The van der Waals surface area contributed by atoms with Crippen LogP contribution in [0.3, 0.4) is 0 Å². The average molecular weight is 380 g/mol. The molecule has 1 unspecified atom stereocenters. The van der Waals surface area contributed by atoms with Crippen LogP contribution in [0, 0.1) is 0 Å². The highest BCUT2D eigenvalue weighted by molar-refractivity contribution is 5.42. The summed E-state index contributed by atoms with van der Waals surface area (Å²) in [6, 6.07) is 22.5. The van der Waals surface area contributed by atoms with Crippen LogP contribution >= 0.6 is 0 Å². The average Bonchev–Trinajstić information content (AvgIpc) is 2.76. The first-order valence-corrected chi connectivity index (χ1v) is 8.99. The molecule has 0 aliphatic rings. The first-order valence-electron chi connectivity index (χ1n) is 8.99. The van der Waals surface area contributed by atoms with Crippen LogP contribution in [0.15, 0.2) is 72.8 Å². The van der Waals surface area contributed by atoms with Crippen LogP contribution in [-0.2, 0) is 6.61 Å². The minimum absolute atomic E-state index is 0.0751. The Kier molecular flexibility index (Phi) is 6.76. The Balaban J connectivity index is 1.68. The maximum Gasteiger partial charge on any atom is 0.125 e. The summed E-state index contributed by atoms with van der Waals surface area (Å²) in [5.74, 6) is 2.55. The molecule has 0 heterocycles. The molecule has 1 atom stereocenters. The second-order valence-electron chi connectivity index (χ2n) is 6.18. The molecule has 1 N–H and O–H groups in total. The number of rotatable bonds is 9. The molecule has 0 saturated heterocycles. The summed E-state index contributed by atoms with van der Waals surface area (Å²) in [4.78, 5) is 0. The van der Waals surface area contributed by atoms with E-state index in [1.165, 1.54) is 0 Å². The number of aliphatic hydroxyl groups is 1. The van der Waals surface area contributed by atoms with Gasteiger partial charge in [-0.05, 0) is 35.9 Å². The van der Waals surface area contributed by atoms with E-state index in [0.29, 0.717) is 35.2 Å². The second-order valence-corrected chi connectivity index (χ2v) is 6.18. The molecule has 0 amide bonds. The van der Waals surface area contributed by atoms with Gasteiger partial charge in [0.1, 0.15) is 42.3 Å². The third-order valence-electron chi connectivity index (χ3n) is 4.26. The van der Waals surface area contributed by atoms with Crippen LogP contribution in [-0.4, -0.2) is 25.9 Å². The Bertz CT molecular complexity index is 879. The monoisotopic (exact) mass is 380 g/mol. The smallest absolute Gasteiger partial charge is 0.125 e. The molecule has 3 rings (SSSR count). The maximum atomic E-state index is 10.6. The van der Waals surface area contributed by atoms with Gasteiger partial charge in [0, 0.05) is 11.6 Å². The van der Waals surface area contributed by atoms with Gasteiger partial charge in [0.05, 0.1) is 14.2 Å². The topological polar surface area (TPSA) is 57.2 Å². The van der Waals surface area contributed by atoms with E-state index in [9.17, 15) is 5.11 Å². The lowest BCUT2D eigenvalue weighted by atomic mass is 10.1. The molecule has 3 aromatic rings. The van der Waals surface area contributed by atoms with Gasteiger partial charge < -0.3 is 24.1 Å². The number of methoxy groups -OCH3 is 2. The fourth-order valence-electron chi connectivity index (χ4n) is 2.76. The van der Waals surface area contributed by atoms with Crippen LogP contribution < -0.4 is 18.9 Å². The Morgan fingerprint density at radius 1 is 0.750 bits per heavy atom. The fourth-order valence-corrected chi connectivity index (χ4v) is 2.76. The molecule has 146 valence electrons. The standard InChI is InChI=1S/C23H24O5/c1-25-18-9-6-10-19(13-18)28-16-22(24)21-14-20(11-12-23(21)26-2)27-15-17-7-4-3-5-8-17/h3-14,22,24H,15-16H2,1-2H3. The summed E-state index contributed by atoms with van der Waals surface area (Å²) in [5.41, 5.74) is 1.68. The van der Waals surface area contributed by atoms with E-state index in [1.807, 2.05) is 54.6 Å². The molecule has 0 aliphatic carbocycles. The van der Waals surface area contributed by atoms with Crippen molar-refractivity contribution in [2.24, 2.45) is 0 Å². The molecule has 0 fully saturated rings. The van der Waals surface area contributed by atoms with Crippen LogP contribution in [0.2, 0.25) is 0 Å². The summed E-state index contributed by atoms with van der Waals surface area (Å²) >= 11 is 0. The van der Waals surface area contributed by atoms with E-state index in [2.05, 4.69) is 0 Å². The van der Waals surface area contributed by atoms with Crippen LogP contribution in [0.5, 0.6) is 23.0 Å². The largest absolute Gasteiger partial charge is 0.497 e. The van der Waals surface area contributed by atoms with Gasteiger partial charge >= 0.3 is 0 Å². The van der Waals surface area contributed by atoms with Crippen molar-refractivity contribution in [3.63, 3.8) is 0 Å². The molecule has 5 heteroatoms. The molecule has 0 aliphatic heterocycles. The predicted octanol–water partition coefficient (Wildman–Crippen LogP) is 4.40. The van der Waals surface area contributed by atoms with Crippen molar-refractivity contribution in [1.82, 2.24) is 0 Å². The predicted molar refractivity (Wildman–Crippen MR) is 107 cm³/mol.